The molecule has 13 heavy (non-hydrogen) atoms. The van der Waals surface area contributed by atoms with Gasteiger partial charge in [-0.3, -0.25) is 4.79 Å². The van der Waals surface area contributed by atoms with E-state index in [-0.39, 0.29) is 5.88 Å². The van der Waals surface area contributed by atoms with E-state index in [2.05, 4.69) is 19.7 Å². The number of pyridine rings is 1. The number of esters is 1. The molecule has 0 unspecified atom stereocenters. The SMILES string of the molecule is CC(=O)Oc1cc(N=[N+]=[N-])ccn1. The summed E-state index contributed by atoms with van der Waals surface area (Å²) in [5.41, 5.74) is 8.48. The number of carbonyl (C=O) groups excluding carboxylic acids is 1. The molecule has 1 aromatic rings. The van der Waals surface area contributed by atoms with Crippen molar-refractivity contribution in [1.29, 1.82) is 0 Å². The molecular formula is C7H6N4O2. The zero-order valence-corrected chi connectivity index (χ0v) is 6.84. The van der Waals surface area contributed by atoms with Crippen LogP contribution in [0.1, 0.15) is 6.92 Å². The molecular weight excluding hydrogens is 172 g/mol. The Balaban J connectivity index is 2.91. The molecule has 66 valence electrons. The van der Waals surface area contributed by atoms with E-state index in [9.17, 15) is 4.79 Å². The third kappa shape index (κ3) is 2.80. The molecule has 0 N–H and O–H groups in total. The molecule has 6 heteroatoms. The van der Waals surface area contributed by atoms with Gasteiger partial charge in [0.2, 0.25) is 5.88 Å². The van der Waals surface area contributed by atoms with Crippen molar-refractivity contribution < 1.29 is 9.53 Å². The van der Waals surface area contributed by atoms with Gasteiger partial charge in [0.1, 0.15) is 0 Å². The molecule has 0 radical (unpaired) electrons. The Kier molecular flexibility index (Phi) is 2.83. The van der Waals surface area contributed by atoms with E-state index in [4.69, 9.17) is 5.53 Å². The average molecular weight is 178 g/mol. The van der Waals surface area contributed by atoms with Crippen LogP contribution in [0.15, 0.2) is 23.4 Å². The molecule has 0 aliphatic heterocycles. The second-order valence-corrected chi connectivity index (χ2v) is 2.14. The summed E-state index contributed by atoms with van der Waals surface area (Å²) in [4.78, 5) is 16.8. The maximum atomic E-state index is 10.5. The smallest absolute Gasteiger partial charge is 0.309 e. The number of hydrogen-bond acceptors (Lipinski definition) is 4. The molecule has 1 heterocycles. The Morgan fingerprint density at radius 1 is 1.77 bits per heavy atom. The lowest BCUT2D eigenvalue weighted by atomic mass is 10.4. The second kappa shape index (κ2) is 4.08. The summed E-state index contributed by atoms with van der Waals surface area (Å²) < 4.78 is 4.67. The maximum absolute atomic E-state index is 10.5. The lowest BCUT2D eigenvalue weighted by Crippen LogP contribution is -2.02. The highest BCUT2D eigenvalue weighted by atomic mass is 16.5. The van der Waals surface area contributed by atoms with Gasteiger partial charge in [-0.2, -0.15) is 0 Å². The molecule has 0 aliphatic carbocycles. The molecule has 0 amide bonds. The molecule has 1 aromatic heterocycles. The summed E-state index contributed by atoms with van der Waals surface area (Å²) in [5, 5.41) is 3.32. The van der Waals surface area contributed by atoms with E-state index >= 15 is 0 Å². The minimum atomic E-state index is -0.467. The van der Waals surface area contributed by atoms with Crippen LogP contribution in [0.25, 0.3) is 10.4 Å². The zero-order chi connectivity index (χ0) is 9.68. The second-order valence-electron chi connectivity index (χ2n) is 2.14. The quantitative estimate of drug-likeness (QED) is 0.300. The monoisotopic (exact) mass is 178 g/mol. The highest BCUT2D eigenvalue weighted by molar-refractivity contribution is 5.69. The van der Waals surface area contributed by atoms with Crippen molar-refractivity contribution in [2.45, 2.75) is 6.92 Å². The van der Waals surface area contributed by atoms with E-state index in [1.54, 1.807) is 0 Å². The molecule has 0 saturated carbocycles. The van der Waals surface area contributed by atoms with E-state index < -0.39 is 5.97 Å². The zero-order valence-electron chi connectivity index (χ0n) is 6.84. The number of aromatic nitrogens is 1. The molecule has 6 nitrogen and oxygen atoms in total. The van der Waals surface area contributed by atoms with Gasteiger partial charge in [0.25, 0.3) is 0 Å². The van der Waals surface area contributed by atoms with Crippen LogP contribution in [0, 0.1) is 0 Å². The van der Waals surface area contributed by atoms with Crippen LogP contribution < -0.4 is 4.74 Å². The summed E-state index contributed by atoms with van der Waals surface area (Å²) in [6.07, 6.45) is 1.39. The first-order chi connectivity index (χ1) is 6.22. The number of nitrogens with zero attached hydrogens (tertiary/aromatic N) is 4. The van der Waals surface area contributed by atoms with Crippen molar-refractivity contribution in [3.63, 3.8) is 0 Å². The first-order valence-electron chi connectivity index (χ1n) is 3.42. The van der Waals surface area contributed by atoms with Gasteiger partial charge >= 0.3 is 5.97 Å². The third-order valence-electron chi connectivity index (χ3n) is 1.13. The minimum absolute atomic E-state index is 0.123. The summed E-state index contributed by atoms with van der Waals surface area (Å²) in [7, 11) is 0. The van der Waals surface area contributed by atoms with Gasteiger partial charge in [0, 0.05) is 29.8 Å². The van der Waals surface area contributed by atoms with E-state index in [0.717, 1.165) is 0 Å². The molecule has 0 atom stereocenters. The van der Waals surface area contributed by atoms with E-state index in [1.807, 2.05) is 0 Å². The number of hydrogen-bond donors (Lipinski definition) is 0. The first-order valence-corrected chi connectivity index (χ1v) is 3.42. The van der Waals surface area contributed by atoms with Crippen LogP contribution in [-0.2, 0) is 4.79 Å². The van der Waals surface area contributed by atoms with Gasteiger partial charge in [0.15, 0.2) is 0 Å². The number of rotatable bonds is 2. The van der Waals surface area contributed by atoms with Crippen molar-refractivity contribution in [2.24, 2.45) is 5.11 Å². The minimum Gasteiger partial charge on any atom is -0.408 e. The van der Waals surface area contributed by atoms with Gasteiger partial charge < -0.3 is 4.74 Å². The normalized spacial score (nSPS) is 8.69. The highest BCUT2D eigenvalue weighted by Gasteiger charge is 1.99. The van der Waals surface area contributed by atoms with Crippen molar-refractivity contribution in [3.8, 4) is 5.88 Å². The largest absolute Gasteiger partial charge is 0.408 e. The summed E-state index contributed by atoms with van der Waals surface area (Å²) >= 11 is 0. The third-order valence-corrected chi connectivity index (χ3v) is 1.13. The van der Waals surface area contributed by atoms with Crippen LogP contribution in [0.4, 0.5) is 5.69 Å². The Labute approximate surface area is 73.8 Å². The fraction of sp³-hybridized carbons (Fsp3) is 0.143. The molecule has 0 aromatic carbocycles. The summed E-state index contributed by atoms with van der Waals surface area (Å²) in [5.74, 6) is -0.344. The van der Waals surface area contributed by atoms with Gasteiger partial charge in [-0.25, -0.2) is 4.98 Å². The fourth-order valence-corrected chi connectivity index (χ4v) is 0.716. The Morgan fingerprint density at radius 2 is 2.54 bits per heavy atom. The summed E-state index contributed by atoms with van der Waals surface area (Å²) in [6, 6.07) is 2.88. The Hall–Kier alpha value is -2.07. The number of carbonyl (C=O) groups is 1. The maximum Gasteiger partial charge on any atom is 0.309 e. The molecule has 1 rings (SSSR count). The predicted molar refractivity (Wildman–Crippen MR) is 44.4 cm³/mol. The lowest BCUT2D eigenvalue weighted by Gasteiger charge is -1.98. The molecule has 0 spiro atoms. The van der Waals surface area contributed by atoms with Crippen molar-refractivity contribution in [3.05, 3.63) is 28.8 Å². The topological polar surface area (TPSA) is 88.0 Å². The van der Waals surface area contributed by atoms with Gasteiger partial charge in [-0.15, -0.1) is 0 Å². The first kappa shape index (κ1) is 9.02. The molecule has 0 bridgehead atoms. The Morgan fingerprint density at radius 3 is 3.15 bits per heavy atom. The van der Waals surface area contributed by atoms with E-state index in [0.29, 0.717) is 5.69 Å². The van der Waals surface area contributed by atoms with Gasteiger partial charge in [0.05, 0.1) is 0 Å². The van der Waals surface area contributed by atoms with Crippen LogP contribution >= 0.6 is 0 Å². The standard InChI is InChI=1S/C7H6N4O2/c1-5(12)13-7-4-6(10-11-8)2-3-9-7/h2-4H,1H3. The number of azide groups is 1. The Bertz CT molecular complexity index is 371. The number of ether oxygens (including phenoxy) is 1. The van der Waals surface area contributed by atoms with Crippen LogP contribution in [0.5, 0.6) is 5.88 Å². The lowest BCUT2D eigenvalue weighted by molar-refractivity contribution is -0.132. The average Bonchev–Trinajstić information content (AvgIpc) is 2.04. The molecule has 0 fully saturated rings. The molecule has 0 saturated heterocycles. The van der Waals surface area contributed by atoms with Crippen molar-refractivity contribution in [1.82, 2.24) is 4.98 Å². The van der Waals surface area contributed by atoms with E-state index in [1.165, 1.54) is 25.3 Å². The van der Waals surface area contributed by atoms with Crippen LogP contribution in [0.3, 0.4) is 0 Å². The van der Waals surface area contributed by atoms with Crippen LogP contribution in [-0.4, -0.2) is 11.0 Å². The highest BCUT2D eigenvalue weighted by Crippen LogP contribution is 2.16. The predicted octanol–water partition coefficient (Wildman–Crippen LogP) is 1.95. The van der Waals surface area contributed by atoms with Crippen molar-refractivity contribution in [2.75, 3.05) is 0 Å². The fourth-order valence-electron chi connectivity index (χ4n) is 0.716. The van der Waals surface area contributed by atoms with Crippen LogP contribution in [0.2, 0.25) is 0 Å². The van der Waals surface area contributed by atoms with Gasteiger partial charge in [-0.05, 0) is 11.6 Å². The van der Waals surface area contributed by atoms with Crippen molar-refractivity contribution >= 4 is 11.7 Å². The molecule has 0 aliphatic rings. The van der Waals surface area contributed by atoms with Gasteiger partial charge in [-0.1, -0.05) is 5.11 Å². The summed E-state index contributed by atoms with van der Waals surface area (Å²) in [6.45, 7) is 1.27.